The number of pyridine rings is 1. The van der Waals surface area contributed by atoms with E-state index in [1.54, 1.807) is 0 Å². The molecular weight excluding hydrogens is 234 g/mol. The lowest BCUT2D eigenvalue weighted by Crippen LogP contribution is -2.45. The lowest BCUT2D eigenvalue weighted by molar-refractivity contribution is 0.158. The molecule has 2 heterocycles. The standard InChI is InChI=1S/C16H21N3/c1-12-10-19(7-6-16(12)17)11-14-9-18-8-13-4-2-3-5-15(13)14/h2-5,8-9,12,16H,6-7,10-11,17H2,1H3. The third-order valence-corrected chi connectivity index (χ3v) is 4.20. The van der Waals surface area contributed by atoms with Crippen LogP contribution in [-0.2, 0) is 6.54 Å². The molecule has 0 radical (unpaired) electrons. The van der Waals surface area contributed by atoms with Gasteiger partial charge in [-0.15, -0.1) is 0 Å². The van der Waals surface area contributed by atoms with Gasteiger partial charge in [0.25, 0.3) is 0 Å². The maximum absolute atomic E-state index is 6.09. The minimum absolute atomic E-state index is 0.363. The summed E-state index contributed by atoms with van der Waals surface area (Å²) in [6.45, 7) is 5.41. The molecule has 0 amide bonds. The fraction of sp³-hybridized carbons (Fsp3) is 0.438. The highest BCUT2D eigenvalue weighted by Gasteiger charge is 2.23. The molecule has 1 aliphatic heterocycles. The maximum atomic E-state index is 6.09. The molecule has 3 rings (SSSR count). The highest BCUT2D eigenvalue weighted by Crippen LogP contribution is 2.21. The first-order valence-electron chi connectivity index (χ1n) is 7.03. The second-order valence-electron chi connectivity index (χ2n) is 5.68. The van der Waals surface area contributed by atoms with Crippen molar-refractivity contribution in [2.45, 2.75) is 25.9 Å². The second kappa shape index (κ2) is 5.27. The zero-order valence-corrected chi connectivity index (χ0v) is 11.4. The molecule has 3 heteroatoms. The largest absolute Gasteiger partial charge is 0.327 e. The van der Waals surface area contributed by atoms with Crippen LogP contribution in [0.1, 0.15) is 18.9 Å². The summed E-state index contributed by atoms with van der Waals surface area (Å²) in [6.07, 6.45) is 5.04. The van der Waals surface area contributed by atoms with Gasteiger partial charge < -0.3 is 5.73 Å². The van der Waals surface area contributed by atoms with Gasteiger partial charge in [-0.1, -0.05) is 31.2 Å². The molecule has 2 aromatic rings. The van der Waals surface area contributed by atoms with Gasteiger partial charge in [0.2, 0.25) is 0 Å². The van der Waals surface area contributed by atoms with Crippen LogP contribution < -0.4 is 5.73 Å². The Kier molecular flexibility index (Phi) is 3.49. The monoisotopic (exact) mass is 255 g/mol. The van der Waals surface area contributed by atoms with Crippen molar-refractivity contribution in [1.29, 1.82) is 0 Å². The van der Waals surface area contributed by atoms with Crippen LogP contribution in [-0.4, -0.2) is 29.0 Å². The van der Waals surface area contributed by atoms with Crippen molar-refractivity contribution in [3.05, 3.63) is 42.2 Å². The Balaban J connectivity index is 1.82. The molecule has 1 aromatic carbocycles. The predicted molar refractivity (Wildman–Crippen MR) is 78.8 cm³/mol. The van der Waals surface area contributed by atoms with Crippen molar-refractivity contribution in [2.24, 2.45) is 11.7 Å². The number of aromatic nitrogens is 1. The van der Waals surface area contributed by atoms with Crippen LogP contribution in [0.2, 0.25) is 0 Å². The first-order valence-corrected chi connectivity index (χ1v) is 7.03. The van der Waals surface area contributed by atoms with Crippen LogP contribution >= 0.6 is 0 Å². The van der Waals surface area contributed by atoms with Gasteiger partial charge in [-0.25, -0.2) is 0 Å². The molecule has 1 saturated heterocycles. The number of piperidine rings is 1. The van der Waals surface area contributed by atoms with E-state index in [4.69, 9.17) is 5.73 Å². The lowest BCUT2D eigenvalue weighted by Gasteiger charge is -2.35. The molecule has 3 nitrogen and oxygen atoms in total. The van der Waals surface area contributed by atoms with Crippen molar-refractivity contribution < 1.29 is 0 Å². The van der Waals surface area contributed by atoms with Gasteiger partial charge in [0.15, 0.2) is 0 Å². The number of hydrogen-bond donors (Lipinski definition) is 1. The molecule has 2 atom stereocenters. The molecule has 1 aliphatic rings. The van der Waals surface area contributed by atoms with Crippen LogP contribution in [0.25, 0.3) is 10.8 Å². The first-order chi connectivity index (χ1) is 9.24. The average Bonchev–Trinajstić information content (AvgIpc) is 2.43. The molecule has 0 aliphatic carbocycles. The summed E-state index contributed by atoms with van der Waals surface area (Å²) in [4.78, 5) is 6.86. The van der Waals surface area contributed by atoms with Crippen molar-refractivity contribution in [3.63, 3.8) is 0 Å². The van der Waals surface area contributed by atoms with E-state index >= 15 is 0 Å². The minimum Gasteiger partial charge on any atom is -0.327 e. The number of rotatable bonds is 2. The summed E-state index contributed by atoms with van der Waals surface area (Å²) in [5, 5.41) is 2.54. The summed E-state index contributed by atoms with van der Waals surface area (Å²) in [7, 11) is 0. The van der Waals surface area contributed by atoms with E-state index in [-0.39, 0.29) is 0 Å². The average molecular weight is 255 g/mol. The van der Waals surface area contributed by atoms with Gasteiger partial charge in [0, 0.05) is 36.9 Å². The van der Waals surface area contributed by atoms with E-state index in [1.807, 2.05) is 12.4 Å². The van der Waals surface area contributed by atoms with Crippen LogP contribution in [0.5, 0.6) is 0 Å². The Hall–Kier alpha value is -1.45. The quantitative estimate of drug-likeness (QED) is 0.896. The molecule has 2 N–H and O–H groups in total. The van der Waals surface area contributed by atoms with Gasteiger partial charge in [0.05, 0.1) is 0 Å². The van der Waals surface area contributed by atoms with Crippen LogP contribution in [0.15, 0.2) is 36.7 Å². The predicted octanol–water partition coefficient (Wildman–Crippen LogP) is 2.40. The second-order valence-corrected chi connectivity index (χ2v) is 5.68. The van der Waals surface area contributed by atoms with Gasteiger partial charge in [-0.05, 0) is 29.8 Å². The van der Waals surface area contributed by atoms with E-state index in [0.717, 1.165) is 26.1 Å². The molecular formula is C16H21N3. The molecule has 100 valence electrons. The van der Waals surface area contributed by atoms with Crippen molar-refractivity contribution >= 4 is 10.8 Å². The van der Waals surface area contributed by atoms with Gasteiger partial charge in [0.1, 0.15) is 0 Å². The van der Waals surface area contributed by atoms with Crippen LogP contribution in [0.4, 0.5) is 0 Å². The van der Waals surface area contributed by atoms with E-state index in [1.165, 1.54) is 16.3 Å². The van der Waals surface area contributed by atoms with Crippen molar-refractivity contribution in [1.82, 2.24) is 9.88 Å². The fourth-order valence-corrected chi connectivity index (χ4v) is 2.94. The highest BCUT2D eigenvalue weighted by atomic mass is 15.1. The smallest absolute Gasteiger partial charge is 0.0346 e. The highest BCUT2D eigenvalue weighted by molar-refractivity contribution is 5.84. The maximum Gasteiger partial charge on any atom is 0.0346 e. The van der Waals surface area contributed by atoms with E-state index in [2.05, 4.69) is 41.1 Å². The summed E-state index contributed by atoms with van der Waals surface area (Å²) >= 11 is 0. The summed E-state index contributed by atoms with van der Waals surface area (Å²) in [5.41, 5.74) is 7.41. The number of nitrogens with two attached hydrogens (primary N) is 1. The third kappa shape index (κ3) is 2.62. The number of likely N-dealkylation sites (tertiary alicyclic amines) is 1. The van der Waals surface area contributed by atoms with Crippen LogP contribution in [0.3, 0.4) is 0 Å². The van der Waals surface area contributed by atoms with Crippen molar-refractivity contribution in [3.8, 4) is 0 Å². The lowest BCUT2D eigenvalue weighted by atomic mass is 9.94. The normalized spacial score (nSPS) is 24.7. The SMILES string of the molecule is CC1CN(Cc2cncc3ccccc23)CCC1N. The Morgan fingerprint density at radius 3 is 3.00 bits per heavy atom. The summed E-state index contributed by atoms with van der Waals surface area (Å²) < 4.78 is 0. The number of benzene rings is 1. The Bertz CT molecular complexity index is 561. The molecule has 0 saturated carbocycles. The zero-order chi connectivity index (χ0) is 13.2. The van der Waals surface area contributed by atoms with Crippen LogP contribution in [0, 0.1) is 5.92 Å². The zero-order valence-electron chi connectivity index (χ0n) is 11.4. The molecule has 1 fully saturated rings. The number of hydrogen-bond acceptors (Lipinski definition) is 3. The van der Waals surface area contributed by atoms with Crippen molar-refractivity contribution in [2.75, 3.05) is 13.1 Å². The van der Waals surface area contributed by atoms with Gasteiger partial charge >= 0.3 is 0 Å². The van der Waals surface area contributed by atoms with Gasteiger partial charge in [-0.2, -0.15) is 0 Å². The Labute approximate surface area is 114 Å². The van der Waals surface area contributed by atoms with E-state index in [9.17, 15) is 0 Å². The number of fused-ring (bicyclic) bond motifs is 1. The molecule has 0 bridgehead atoms. The first kappa shape index (κ1) is 12.6. The van der Waals surface area contributed by atoms with E-state index in [0.29, 0.717) is 12.0 Å². The molecule has 19 heavy (non-hydrogen) atoms. The van der Waals surface area contributed by atoms with Gasteiger partial charge in [-0.3, -0.25) is 9.88 Å². The third-order valence-electron chi connectivity index (χ3n) is 4.20. The van der Waals surface area contributed by atoms with E-state index < -0.39 is 0 Å². The fourth-order valence-electron chi connectivity index (χ4n) is 2.94. The number of nitrogens with zero attached hydrogens (tertiary/aromatic N) is 2. The topological polar surface area (TPSA) is 42.2 Å². The summed E-state index contributed by atoms with van der Waals surface area (Å²) in [5.74, 6) is 0.580. The Morgan fingerprint density at radius 2 is 2.16 bits per heavy atom. The molecule has 1 aromatic heterocycles. The Morgan fingerprint density at radius 1 is 1.32 bits per heavy atom. The summed E-state index contributed by atoms with van der Waals surface area (Å²) in [6, 6.07) is 8.84. The minimum atomic E-state index is 0.363. The molecule has 0 spiro atoms. The molecule has 2 unspecified atom stereocenters.